The largest absolute Gasteiger partial charge is 0.496 e. The molecule has 1 aliphatic rings. The van der Waals surface area contributed by atoms with Crippen molar-refractivity contribution in [3.63, 3.8) is 0 Å². The Hall–Kier alpha value is -2.61. The maximum atomic E-state index is 12.7. The highest BCUT2D eigenvalue weighted by molar-refractivity contribution is 9.10. The smallest absolute Gasteiger partial charge is 0.231 e. The molecule has 0 bridgehead atoms. The lowest BCUT2D eigenvalue weighted by atomic mass is 9.95. The first-order valence-electron chi connectivity index (χ1n) is 10.0. The van der Waals surface area contributed by atoms with Crippen LogP contribution < -0.4 is 15.0 Å². The minimum absolute atomic E-state index is 0.0103. The summed E-state index contributed by atoms with van der Waals surface area (Å²) in [5.41, 5.74) is 2.65. The number of hydrogen-bond acceptors (Lipinski definition) is 6. The van der Waals surface area contributed by atoms with Gasteiger partial charge in [0.15, 0.2) is 0 Å². The van der Waals surface area contributed by atoms with Gasteiger partial charge in [-0.05, 0) is 44.9 Å². The number of nitrogens with zero attached hydrogens (tertiary/aromatic N) is 3. The third-order valence-corrected chi connectivity index (χ3v) is 6.30. The minimum Gasteiger partial charge on any atom is -0.496 e. The van der Waals surface area contributed by atoms with Gasteiger partial charge in [0.1, 0.15) is 23.7 Å². The number of fused-ring (bicyclic) bond motifs is 1. The highest BCUT2D eigenvalue weighted by Crippen LogP contribution is 2.32. The average Bonchev–Trinajstić information content (AvgIpc) is 3.06. The Morgan fingerprint density at radius 1 is 1.30 bits per heavy atom. The molecule has 2 aromatic heterocycles. The van der Waals surface area contributed by atoms with E-state index in [4.69, 9.17) is 9.15 Å². The summed E-state index contributed by atoms with van der Waals surface area (Å²) in [5, 5.41) is 4.04. The fourth-order valence-electron chi connectivity index (χ4n) is 3.97. The molecule has 1 N–H and O–H groups in total. The highest BCUT2D eigenvalue weighted by Gasteiger charge is 2.27. The van der Waals surface area contributed by atoms with Gasteiger partial charge in [-0.25, -0.2) is 9.97 Å². The normalized spacial score (nSPS) is 14.9. The zero-order valence-electron chi connectivity index (χ0n) is 17.4. The Morgan fingerprint density at radius 3 is 2.80 bits per heavy atom. The molecule has 1 saturated heterocycles. The van der Waals surface area contributed by atoms with E-state index in [9.17, 15) is 4.79 Å². The Labute approximate surface area is 183 Å². The number of methoxy groups -OCH3 is 1. The van der Waals surface area contributed by atoms with Crippen LogP contribution in [0.5, 0.6) is 5.75 Å². The first-order chi connectivity index (χ1) is 14.5. The second-order valence-corrected chi connectivity index (χ2v) is 8.51. The number of benzene rings is 1. The summed E-state index contributed by atoms with van der Waals surface area (Å²) in [6.07, 6.45) is 3.11. The molecule has 1 aliphatic heterocycles. The molecule has 0 atom stereocenters. The van der Waals surface area contributed by atoms with Gasteiger partial charge >= 0.3 is 0 Å². The van der Waals surface area contributed by atoms with Gasteiger partial charge in [-0.1, -0.05) is 15.9 Å². The third-order valence-electron chi connectivity index (χ3n) is 5.81. The van der Waals surface area contributed by atoms with Crippen LogP contribution in [0.15, 0.2) is 33.4 Å². The van der Waals surface area contributed by atoms with Crippen molar-refractivity contribution in [1.82, 2.24) is 15.3 Å². The molecule has 0 aliphatic carbocycles. The summed E-state index contributed by atoms with van der Waals surface area (Å²) in [5.74, 6) is 2.60. The monoisotopic (exact) mass is 472 g/mol. The molecule has 0 spiro atoms. The molecule has 7 nitrogen and oxygen atoms in total. The molecule has 3 heterocycles. The highest BCUT2D eigenvalue weighted by atomic mass is 79.9. The first kappa shape index (κ1) is 20.7. The van der Waals surface area contributed by atoms with E-state index in [1.54, 1.807) is 13.4 Å². The lowest BCUT2D eigenvalue weighted by molar-refractivity contribution is -0.125. The van der Waals surface area contributed by atoms with E-state index >= 15 is 0 Å². The lowest BCUT2D eigenvalue weighted by Crippen LogP contribution is -2.40. The second kappa shape index (κ2) is 8.63. The van der Waals surface area contributed by atoms with Crippen LogP contribution in [-0.4, -0.2) is 36.1 Å². The molecular formula is C22H25BrN4O3. The fourth-order valence-corrected chi connectivity index (χ4v) is 4.38. The molecule has 4 rings (SSSR count). The SMILES string of the molecule is COc1ccc(Br)cc1CNC(=O)C1CCN(c2ncnc3oc(C)c(C)c23)CC1. The van der Waals surface area contributed by atoms with Crippen LogP contribution in [0.4, 0.5) is 5.82 Å². The predicted molar refractivity (Wildman–Crippen MR) is 119 cm³/mol. The number of aryl methyl sites for hydroxylation is 2. The van der Waals surface area contributed by atoms with E-state index in [1.807, 2.05) is 32.0 Å². The summed E-state index contributed by atoms with van der Waals surface area (Å²) in [6, 6.07) is 5.79. The molecule has 0 saturated carbocycles. The number of carbonyl (C=O) groups is 1. The van der Waals surface area contributed by atoms with Crippen LogP contribution in [0.25, 0.3) is 11.1 Å². The van der Waals surface area contributed by atoms with E-state index in [2.05, 4.69) is 36.1 Å². The van der Waals surface area contributed by atoms with Crippen molar-refractivity contribution < 1.29 is 13.9 Å². The van der Waals surface area contributed by atoms with Crippen molar-refractivity contribution in [2.45, 2.75) is 33.2 Å². The summed E-state index contributed by atoms with van der Waals surface area (Å²) in [7, 11) is 1.64. The number of anilines is 1. The number of ether oxygens (including phenoxy) is 1. The molecule has 0 unspecified atom stereocenters. The van der Waals surface area contributed by atoms with Crippen molar-refractivity contribution in [2.75, 3.05) is 25.1 Å². The number of hydrogen-bond donors (Lipinski definition) is 1. The zero-order chi connectivity index (χ0) is 21.3. The lowest BCUT2D eigenvalue weighted by Gasteiger charge is -2.32. The van der Waals surface area contributed by atoms with E-state index < -0.39 is 0 Å². The summed E-state index contributed by atoms with van der Waals surface area (Å²) >= 11 is 3.47. The van der Waals surface area contributed by atoms with Crippen LogP contribution in [-0.2, 0) is 11.3 Å². The van der Waals surface area contributed by atoms with Crippen molar-refractivity contribution in [2.24, 2.45) is 5.92 Å². The summed E-state index contributed by atoms with van der Waals surface area (Å²) < 4.78 is 12.1. The van der Waals surface area contributed by atoms with Crippen molar-refractivity contribution in [3.8, 4) is 5.75 Å². The Morgan fingerprint density at radius 2 is 2.07 bits per heavy atom. The van der Waals surface area contributed by atoms with Crippen molar-refractivity contribution in [1.29, 1.82) is 0 Å². The number of aromatic nitrogens is 2. The van der Waals surface area contributed by atoms with E-state index in [-0.39, 0.29) is 11.8 Å². The van der Waals surface area contributed by atoms with Gasteiger partial charge in [0.2, 0.25) is 11.6 Å². The van der Waals surface area contributed by atoms with Crippen LogP contribution in [0, 0.1) is 19.8 Å². The molecule has 8 heteroatoms. The minimum atomic E-state index is -0.0103. The number of halogens is 1. The molecule has 3 aromatic rings. The molecule has 1 aromatic carbocycles. The van der Waals surface area contributed by atoms with Gasteiger partial charge in [-0.15, -0.1) is 0 Å². The molecule has 0 radical (unpaired) electrons. The maximum Gasteiger partial charge on any atom is 0.231 e. The van der Waals surface area contributed by atoms with Gasteiger partial charge in [0, 0.05) is 41.2 Å². The second-order valence-electron chi connectivity index (χ2n) is 7.60. The van der Waals surface area contributed by atoms with Crippen LogP contribution >= 0.6 is 15.9 Å². The van der Waals surface area contributed by atoms with E-state index in [1.165, 1.54) is 0 Å². The summed E-state index contributed by atoms with van der Waals surface area (Å²) in [6.45, 7) is 5.96. The van der Waals surface area contributed by atoms with Crippen LogP contribution in [0.1, 0.15) is 29.7 Å². The molecular weight excluding hydrogens is 448 g/mol. The molecule has 158 valence electrons. The Balaban J connectivity index is 1.39. The number of piperidine rings is 1. The number of rotatable bonds is 5. The summed E-state index contributed by atoms with van der Waals surface area (Å²) in [4.78, 5) is 23.7. The maximum absolute atomic E-state index is 12.7. The fraction of sp³-hybridized carbons (Fsp3) is 0.409. The van der Waals surface area contributed by atoms with Gasteiger partial charge in [-0.3, -0.25) is 4.79 Å². The van der Waals surface area contributed by atoms with Gasteiger partial charge < -0.3 is 19.4 Å². The quantitative estimate of drug-likeness (QED) is 0.600. The van der Waals surface area contributed by atoms with E-state index in [0.29, 0.717) is 12.3 Å². The Kier molecular flexibility index (Phi) is 5.94. The van der Waals surface area contributed by atoms with Gasteiger partial charge in [0.05, 0.1) is 12.5 Å². The van der Waals surface area contributed by atoms with Crippen LogP contribution in [0.3, 0.4) is 0 Å². The number of carbonyl (C=O) groups excluding carboxylic acids is 1. The average molecular weight is 473 g/mol. The number of nitrogens with one attached hydrogen (secondary N) is 1. The van der Waals surface area contributed by atoms with Crippen molar-refractivity contribution in [3.05, 3.63) is 45.9 Å². The topological polar surface area (TPSA) is 80.5 Å². The first-order valence-corrected chi connectivity index (χ1v) is 10.8. The van der Waals surface area contributed by atoms with E-state index in [0.717, 1.165) is 64.2 Å². The number of amides is 1. The third kappa shape index (κ3) is 4.01. The Bertz CT molecular complexity index is 1070. The predicted octanol–water partition coefficient (Wildman–Crippen LogP) is 4.14. The molecule has 1 amide bonds. The standard InChI is InChI=1S/C22H25BrN4O3/c1-13-14(2)30-22-19(13)20(25-12-26-22)27-8-6-15(7-9-27)21(28)24-11-16-10-17(23)4-5-18(16)29-3/h4-5,10,12,15H,6-9,11H2,1-3H3,(H,24,28). The van der Waals surface area contributed by atoms with Crippen molar-refractivity contribution >= 4 is 38.8 Å². The zero-order valence-corrected chi connectivity index (χ0v) is 19.0. The van der Waals surface area contributed by atoms with Gasteiger partial charge in [-0.2, -0.15) is 0 Å². The molecule has 30 heavy (non-hydrogen) atoms. The van der Waals surface area contributed by atoms with Crippen LogP contribution in [0.2, 0.25) is 0 Å². The molecule has 1 fully saturated rings. The van der Waals surface area contributed by atoms with Gasteiger partial charge in [0.25, 0.3) is 0 Å². The number of furan rings is 1.